The van der Waals surface area contributed by atoms with Crippen molar-refractivity contribution in [2.24, 2.45) is 5.73 Å². The van der Waals surface area contributed by atoms with Crippen LogP contribution >= 0.6 is 0 Å². The van der Waals surface area contributed by atoms with Crippen LogP contribution in [0.3, 0.4) is 0 Å². The highest BCUT2D eigenvalue weighted by Gasteiger charge is 2.34. The van der Waals surface area contributed by atoms with Crippen LogP contribution in [0.15, 0.2) is 48.5 Å². The van der Waals surface area contributed by atoms with E-state index in [0.717, 1.165) is 24.1 Å². The molecule has 0 saturated carbocycles. The van der Waals surface area contributed by atoms with Crippen molar-refractivity contribution in [1.82, 2.24) is 9.78 Å². The second kappa shape index (κ2) is 8.75. The normalized spacial score (nSPS) is 16.0. The summed E-state index contributed by atoms with van der Waals surface area (Å²) in [6.07, 6.45) is 2.88. The smallest absolute Gasteiger partial charge is 0.277 e. The fourth-order valence-corrected chi connectivity index (χ4v) is 4.62. The van der Waals surface area contributed by atoms with E-state index in [1.165, 1.54) is 4.68 Å². The zero-order chi connectivity index (χ0) is 23.8. The van der Waals surface area contributed by atoms with Gasteiger partial charge in [0.05, 0.1) is 12.3 Å². The van der Waals surface area contributed by atoms with Crippen LogP contribution in [0.1, 0.15) is 51.4 Å². The van der Waals surface area contributed by atoms with Crippen molar-refractivity contribution in [1.29, 1.82) is 0 Å². The van der Waals surface area contributed by atoms with Gasteiger partial charge in [0.15, 0.2) is 5.69 Å². The molecule has 0 aliphatic carbocycles. The van der Waals surface area contributed by atoms with Crippen molar-refractivity contribution in [3.05, 3.63) is 71.0 Å². The van der Waals surface area contributed by atoms with Crippen LogP contribution in [0.5, 0.6) is 0 Å². The van der Waals surface area contributed by atoms with Gasteiger partial charge in [-0.25, -0.2) is 4.68 Å². The number of anilines is 2. The first-order valence-corrected chi connectivity index (χ1v) is 11.3. The topological polar surface area (TPSA) is 122 Å². The van der Waals surface area contributed by atoms with Crippen molar-refractivity contribution in [2.75, 3.05) is 22.9 Å². The second-order valence-corrected chi connectivity index (χ2v) is 8.50. The molecule has 174 valence electrons. The number of nitrogens with two attached hydrogens (primary N) is 1. The average molecular weight is 460 g/mol. The number of carbonyl (C=O) groups is 3. The first-order chi connectivity index (χ1) is 16.5. The minimum atomic E-state index is -0.682. The van der Waals surface area contributed by atoms with E-state index < -0.39 is 5.91 Å². The van der Waals surface area contributed by atoms with E-state index in [-0.39, 0.29) is 24.1 Å². The number of aliphatic hydroxyl groups excluding tert-OH is 1. The Kier molecular flexibility index (Phi) is 5.62. The number of fused-ring (bicyclic) bond motifs is 1. The zero-order valence-corrected chi connectivity index (χ0v) is 18.6. The summed E-state index contributed by atoms with van der Waals surface area (Å²) < 4.78 is 1.45. The lowest BCUT2D eigenvalue weighted by Gasteiger charge is -2.29. The van der Waals surface area contributed by atoms with Gasteiger partial charge in [-0.2, -0.15) is 5.10 Å². The van der Waals surface area contributed by atoms with E-state index in [0.29, 0.717) is 48.6 Å². The Hall–Kier alpha value is -3.98. The van der Waals surface area contributed by atoms with Gasteiger partial charge in [-0.15, -0.1) is 0 Å². The summed E-state index contributed by atoms with van der Waals surface area (Å²) in [5.74, 6) is -0.846. The molecule has 0 unspecified atom stereocenters. The van der Waals surface area contributed by atoms with E-state index in [4.69, 9.17) is 5.73 Å². The number of hydrogen-bond acceptors (Lipinski definition) is 5. The Labute approximate surface area is 196 Å². The predicted molar refractivity (Wildman–Crippen MR) is 126 cm³/mol. The molecule has 34 heavy (non-hydrogen) atoms. The molecule has 0 bridgehead atoms. The van der Waals surface area contributed by atoms with E-state index in [9.17, 15) is 19.5 Å². The molecule has 2 aliphatic heterocycles. The van der Waals surface area contributed by atoms with Crippen LogP contribution in [-0.4, -0.2) is 45.7 Å². The van der Waals surface area contributed by atoms with Gasteiger partial charge in [0, 0.05) is 36.4 Å². The molecule has 3 aromatic rings. The van der Waals surface area contributed by atoms with Crippen LogP contribution in [0.25, 0.3) is 5.69 Å². The highest BCUT2D eigenvalue weighted by molar-refractivity contribution is 6.09. The quantitative estimate of drug-likeness (QED) is 0.606. The van der Waals surface area contributed by atoms with Crippen LogP contribution in [-0.2, 0) is 17.8 Å². The third-order valence-electron chi connectivity index (χ3n) is 6.41. The largest absolute Gasteiger partial charge is 0.392 e. The number of benzene rings is 2. The van der Waals surface area contributed by atoms with Gasteiger partial charge in [0.2, 0.25) is 5.91 Å². The minimum Gasteiger partial charge on any atom is -0.392 e. The fourth-order valence-electron chi connectivity index (χ4n) is 4.62. The summed E-state index contributed by atoms with van der Waals surface area (Å²) in [5.41, 5.74) is 9.33. The third-order valence-corrected chi connectivity index (χ3v) is 6.41. The summed E-state index contributed by atoms with van der Waals surface area (Å²) >= 11 is 0. The first-order valence-electron chi connectivity index (χ1n) is 11.3. The number of piperidine rings is 1. The maximum absolute atomic E-state index is 13.6. The number of nitrogens with zero attached hydrogens (tertiary/aromatic N) is 4. The van der Waals surface area contributed by atoms with Crippen molar-refractivity contribution >= 4 is 29.1 Å². The molecule has 9 heteroatoms. The van der Waals surface area contributed by atoms with Gasteiger partial charge in [-0.05, 0) is 61.2 Å². The fraction of sp³-hybridized carbons (Fsp3) is 0.280. The number of hydrogen-bond donors (Lipinski definition) is 2. The molecule has 3 heterocycles. The predicted octanol–water partition coefficient (Wildman–Crippen LogP) is 2.18. The second-order valence-electron chi connectivity index (χ2n) is 8.50. The van der Waals surface area contributed by atoms with Gasteiger partial charge in [-0.1, -0.05) is 12.1 Å². The molecule has 2 aliphatic rings. The molecule has 1 aromatic heterocycles. The van der Waals surface area contributed by atoms with Crippen molar-refractivity contribution in [3.63, 3.8) is 0 Å². The standard InChI is InChI=1S/C25H25N5O4/c26-24(33)22-20-12-14-29(18-10-8-17(9-11-18)28-13-2-1-3-21(28)32)25(34)23(20)30(27-22)19-6-4-16(15-31)5-7-19/h4-11,31H,1-3,12-15H2,(H2,26,33). The number of amides is 3. The Balaban J connectivity index is 1.49. The Morgan fingerprint density at radius 1 is 0.882 bits per heavy atom. The zero-order valence-electron chi connectivity index (χ0n) is 18.6. The van der Waals surface area contributed by atoms with Gasteiger partial charge >= 0.3 is 0 Å². The average Bonchev–Trinajstić information content (AvgIpc) is 3.26. The monoisotopic (exact) mass is 459 g/mol. The first kappa shape index (κ1) is 21.8. The summed E-state index contributed by atoms with van der Waals surface area (Å²) in [6, 6.07) is 14.3. The number of aliphatic hydroxyl groups is 1. The van der Waals surface area contributed by atoms with Crippen molar-refractivity contribution in [3.8, 4) is 5.69 Å². The van der Waals surface area contributed by atoms with Gasteiger partial charge in [0.25, 0.3) is 11.8 Å². The maximum Gasteiger partial charge on any atom is 0.277 e. The molecule has 0 spiro atoms. The number of rotatable bonds is 5. The molecule has 1 saturated heterocycles. The summed E-state index contributed by atoms with van der Waals surface area (Å²) in [4.78, 5) is 41.3. The van der Waals surface area contributed by atoms with Gasteiger partial charge in [0.1, 0.15) is 5.69 Å². The Bertz CT molecular complexity index is 1260. The SMILES string of the molecule is NC(=O)c1nn(-c2ccc(CO)cc2)c2c1CCN(c1ccc(N3CCCCC3=O)cc1)C2=O. The van der Waals surface area contributed by atoms with Gasteiger partial charge in [-0.3, -0.25) is 14.4 Å². The van der Waals surface area contributed by atoms with E-state index in [2.05, 4.69) is 5.10 Å². The lowest BCUT2D eigenvalue weighted by atomic mass is 10.0. The van der Waals surface area contributed by atoms with Gasteiger partial charge < -0.3 is 20.6 Å². The summed E-state index contributed by atoms with van der Waals surface area (Å²) in [5, 5.41) is 13.7. The van der Waals surface area contributed by atoms with Crippen LogP contribution in [0, 0.1) is 0 Å². The van der Waals surface area contributed by atoms with Crippen LogP contribution < -0.4 is 15.5 Å². The van der Waals surface area contributed by atoms with Crippen molar-refractivity contribution in [2.45, 2.75) is 32.3 Å². The highest BCUT2D eigenvalue weighted by Crippen LogP contribution is 2.30. The Morgan fingerprint density at radius 3 is 2.15 bits per heavy atom. The summed E-state index contributed by atoms with van der Waals surface area (Å²) in [7, 11) is 0. The lowest BCUT2D eigenvalue weighted by molar-refractivity contribution is -0.119. The van der Waals surface area contributed by atoms with Crippen LogP contribution in [0.4, 0.5) is 11.4 Å². The molecular weight excluding hydrogens is 434 g/mol. The molecule has 3 amide bonds. The summed E-state index contributed by atoms with van der Waals surface area (Å²) in [6.45, 7) is 0.980. The molecule has 0 atom stereocenters. The van der Waals surface area contributed by atoms with E-state index in [1.54, 1.807) is 34.1 Å². The maximum atomic E-state index is 13.6. The Morgan fingerprint density at radius 2 is 1.53 bits per heavy atom. The van der Waals surface area contributed by atoms with Crippen LogP contribution in [0.2, 0.25) is 0 Å². The highest BCUT2D eigenvalue weighted by atomic mass is 16.3. The third kappa shape index (κ3) is 3.73. The lowest BCUT2D eigenvalue weighted by Crippen LogP contribution is -2.39. The number of aromatic nitrogens is 2. The molecule has 5 rings (SSSR count). The van der Waals surface area contributed by atoms with Crippen molar-refractivity contribution < 1.29 is 19.5 Å². The minimum absolute atomic E-state index is 0.0909. The molecule has 0 radical (unpaired) electrons. The number of carbonyl (C=O) groups excluding carboxylic acids is 3. The molecule has 1 fully saturated rings. The number of primary amides is 1. The molecular formula is C25H25N5O4. The van der Waals surface area contributed by atoms with E-state index in [1.807, 2.05) is 24.3 Å². The molecule has 2 aromatic carbocycles. The molecule has 9 nitrogen and oxygen atoms in total. The van der Waals surface area contributed by atoms with E-state index >= 15 is 0 Å². The molecule has 3 N–H and O–H groups in total.